The molecule has 0 atom stereocenters. The number of hydrogen-bond acceptors (Lipinski definition) is 4. The predicted octanol–water partition coefficient (Wildman–Crippen LogP) is 3.88. The Balaban J connectivity index is 0.00000192. The van der Waals surface area contributed by atoms with Crippen LogP contribution in [0, 0.1) is 17.6 Å². The number of piperidine rings is 1. The third-order valence-corrected chi connectivity index (χ3v) is 4.98. The molecule has 2 aromatic rings. The van der Waals surface area contributed by atoms with Gasteiger partial charge in [0.25, 0.3) is 0 Å². The number of rotatable bonds is 4. The Morgan fingerprint density at radius 3 is 2.57 bits per heavy atom. The Labute approximate surface area is 144 Å². The van der Waals surface area contributed by atoms with Gasteiger partial charge in [-0.15, -0.1) is 23.7 Å². The standard InChI is InChI=1S/C16H19F2N3S.ClH/c17-14-2-1-12(8-15(14)18)7-11-3-5-21(6-4-11)10-13-9-20-16(19)22-13;/h1-2,8-9,11H,3-7,10H2,(H2,19,20);1H. The van der Waals surface area contributed by atoms with Crippen LogP contribution in [0.4, 0.5) is 13.9 Å². The van der Waals surface area contributed by atoms with Gasteiger partial charge < -0.3 is 5.73 Å². The molecule has 1 fully saturated rings. The zero-order valence-electron chi connectivity index (χ0n) is 12.7. The number of thiazole rings is 1. The van der Waals surface area contributed by atoms with Crippen LogP contribution in [0.3, 0.4) is 0 Å². The molecule has 7 heteroatoms. The van der Waals surface area contributed by atoms with Gasteiger partial charge in [-0.3, -0.25) is 4.90 Å². The molecule has 0 bridgehead atoms. The molecular weight excluding hydrogens is 340 g/mol. The van der Waals surface area contributed by atoms with Gasteiger partial charge in [-0.1, -0.05) is 6.07 Å². The van der Waals surface area contributed by atoms with Crippen LogP contribution in [0.15, 0.2) is 24.4 Å². The first kappa shape index (κ1) is 18.1. The number of nitrogens with zero attached hydrogens (tertiary/aromatic N) is 2. The highest BCUT2D eigenvalue weighted by atomic mass is 35.5. The molecule has 0 amide bonds. The van der Waals surface area contributed by atoms with Crippen LogP contribution < -0.4 is 5.73 Å². The van der Waals surface area contributed by atoms with Crippen molar-refractivity contribution in [2.75, 3.05) is 18.8 Å². The summed E-state index contributed by atoms with van der Waals surface area (Å²) in [7, 11) is 0. The molecule has 0 saturated carbocycles. The Morgan fingerprint density at radius 1 is 1.22 bits per heavy atom. The monoisotopic (exact) mass is 359 g/mol. The summed E-state index contributed by atoms with van der Waals surface area (Å²) in [6, 6.07) is 4.22. The van der Waals surface area contributed by atoms with Crippen molar-refractivity contribution >= 4 is 28.9 Å². The van der Waals surface area contributed by atoms with E-state index in [-0.39, 0.29) is 12.4 Å². The van der Waals surface area contributed by atoms with E-state index in [2.05, 4.69) is 9.88 Å². The summed E-state index contributed by atoms with van der Waals surface area (Å²) in [5.41, 5.74) is 6.53. The smallest absolute Gasteiger partial charge is 0.180 e. The van der Waals surface area contributed by atoms with E-state index >= 15 is 0 Å². The molecule has 1 aromatic carbocycles. The highest BCUT2D eigenvalue weighted by Crippen LogP contribution is 2.25. The molecule has 0 unspecified atom stereocenters. The molecule has 1 aliphatic rings. The molecule has 2 heterocycles. The lowest BCUT2D eigenvalue weighted by Crippen LogP contribution is -2.33. The molecule has 0 radical (unpaired) electrons. The summed E-state index contributed by atoms with van der Waals surface area (Å²) in [6.07, 6.45) is 4.81. The number of benzene rings is 1. The number of anilines is 1. The third-order valence-electron chi connectivity index (χ3n) is 4.17. The van der Waals surface area contributed by atoms with Crippen molar-refractivity contribution in [1.29, 1.82) is 0 Å². The van der Waals surface area contributed by atoms with Crippen molar-refractivity contribution in [3.63, 3.8) is 0 Å². The van der Waals surface area contributed by atoms with Gasteiger partial charge in [0, 0.05) is 17.6 Å². The Bertz CT molecular complexity index is 642. The maximum absolute atomic E-state index is 13.2. The van der Waals surface area contributed by atoms with Crippen LogP contribution in [-0.2, 0) is 13.0 Å². The molecule has 0 aliphatic carbocycles. The second kappa shape index (κ2) is 8.04. The summed E-state index contributed by atoms with van der Waals surface area (Å²) < 4.78 is 26.2. The van der Waals surface area contributed by atoms with Crippen molar-refractivity contribution in [3.05, 3.63) is 46.5 Å². The fraction of sp³-hybridized carbons (Fsp3) is 0.438. The Hall–Kier alpha value is -1.24. The molecule has 3 nitrogen and oxygen atoms in total. The number of hydrogen-bond donors (Lipinski definition) is 1. The molecule has 23 heavy (non-hydrogen) atoms. The van der Waals surface area contributed by atoms with E-state index in [0.717, 1.165) is 44.5 Å². The van der Waals surface area contributed by atoms with Crippen molar-refractivity contribution in [3.8, 4) is 0 Å². The normalized spacial score (nSPS) is 16.3. The lowest BCUT2D eigenvalue weighted by Gasteiger charge is -2.31. The van der Waals surface area contributed by atoms with E-state index in [1.807, 2.05) is 6.20 Å². The number of nitrogens with two attached hydrogens (primary N) is 1. The van der Waals surface area contributed by atoms with Gasteiger partial charge in [-0.25, -0.2) is 13.8 Å². The zero-order chi connectivity index (χ0) is 15.5. The molecule has 3 rings (SSSR count). The largest absolute Gasteiger partial charge is 0.375 e. The van der Waals surface area contributed by atoms with Crippen molar-refractivity contribution in [2.24, 2.45) is 5.92 Å². The van der Waals surface area contributed by atoms with Crippen LogP contribution in [0.25, 0.3) is 0 Å². The fourth-order valence-electron chi connectivity index (χ4n) is 2.96. The van der Waals surface area contributed by atoms with Crippen LogP contribution in [0.2, 0.25) is 0 Å². The minimum absolute atomic E-state index is 0. The maximum atomic E-state index is 13.2. The van der Waals surface area contributed by atoms with Crippen LogP contribution >= 0.6 is 23.7 Å². The first-order chi connectivity index (χ1) is 10.6. The summed E-state index contributed by atoms with van der Waals surface area (Å²) in [5.74, 6) is -0.993. The molecule has 1 aliphatic heterocycles. The lowest BCUT2D eigenvalue weighted by molar-refractivity contribution is 0.178. The maximum Gasteiger partial charge on any atom is 0.180 e. The molecular formula is C16H20ClF2N3S. The van der Waals surface area contributed by atoms with Gasteiger partial charge in [-0.2, -0.15) is 0 Å². The van der Waals surface area contributed by atoms with Crippen molar-refractivity contribution in [1.82, 2.24) is 9.88 Å². The van der Waals surface area contributed by atoms with Gasteiger partial charge in [0.15, 0.2) is 16.8 Å². The first-order valence-corrected chi connectivity index (χ1v) is 8.28. The van der Waals surface area contributed by atoms with E-state index in [1.54, 1.807) is 6.07 Å². The van der Waals surface area contributed by atoms with Gasteiger partial charge >= 0.3 is 0 Å². The third kappa shape index (κ3) is 4.86. The van der Waals surface area contributed by atoms with Crippen molar-refractivity contribution in [2.45, 2.75) is 25.8 Å². The zero-order valence-corrected chi connectivity index (χ0v) is 14.3. The summed E-state index contributed by atoms with van der Waals surface area (Å²) in [4.78, 5) is 7.66. The second-order valence-corrected chi connectivity index (χ2v) is 6.98. The van der Waals surface area contributed by atoms with Gasteiger partial charge in [0.05, 0.1) is 0 Å². The van der Waals surface area contributed by atoms with Crippen LogP contribution in [0.1, 0.15) is 23.3 Å². The minimum atomic E-state index is -0.776. The van der Waals surface area contributed by atoms with E-state index in [1.165, 1.54) is 28.3 Å². The average Bonchev–Trinajstić information content (AvgIpc) is 2.90. The highest BCUT2D eigenvalue weighted by molar-refractivity contribution is 7.15. The topological polar surface area (TPSA) is 42.1 Å². The second-order valence-electron chi connectivity index (χ2n) is 5.84. The molecule has 1 saturated heterocycles. The SMILES string of the molecule is Cl.Nc1ncc(CN2CCC(Cc3ccc(F)c(F)c3)CC2)s1. The minimum Gasteiger partial charge on any atom is -0.375 e. The van der Waals surface area contributed by atoms with E-state index in [4.69, 9.17) is 5.73 Å². The van der Waals surface area contributed by atoms with Gasteiger partial charge in [0.1, 0.15) is 0 Å². The lowest BCUT2D eigenvalue weighted by atomic mass is 9.90. The number of aromatic nitrogens is 1. The fourth-order valence-corrected chi connectivity index (χ4v) is 3.69. The predicted molar refractivity (Wildman–Crippen MR) is 91.8 cm³/mol. The summed E-state index contributed by atoms with van der Waals surface area (Å²) >= 11 is 1.54. The molecule has 2 N–H and O–H groups in total. The van der Waals surface area contributed by atoms with Crippen LogP contribution in [-0.4, -0.2) is 23.0 Å². The molecule has 0 spiro atoms. The van der Waals surface area contributed by atoms with E-state index < -0.39 is 11.6 Å². The Morgan fingerprint density at radius 2 is 1.96 bits per heavy atom. The quantitative estimate of drug-likeness (QED) is 0.900. The molecule has 126 valence electrons. The van der Waals surface area contributed by atoms with Gasteiger partial charge in [-0.05, 0) is 56.0 Å². The number of nitrogen functional groups attached to an aromatic ring is 1. The van der Waals surface area contributed by atoms with Crippen molar-refractivity contribution < 1.29 is 8.78 Å². The number of halogens is 3. The van der Waals surface area contributed by atoms with E-state index in [0.29, 0.717) is 11.0 Å². The summed E-state index contributed by atoms with van der Waals surface area (Å²) in [6.45, 7) is 2.94. The highest BCUT2D eigenvalue weighted by Gasteiger charge is 2.20. The number of likely N-dealkylation sites (tertiary alicyclic amines) is 1. The first-order valence-electron chi connectivity index (χ1n) is 7.46. The average molecular weight is 360 g/mol. The van der Waals surface area contributed by atoms with E-state index in [9.17, 15) is 8.78 Å². The van der Waals surface area contributed by atoms with Crippen LogP contribution in [0.5, 0.6) is 0 Å². The molecule has 1 aromatic heterocycles. The van der Waals surface area contributed by atoms with Gasteiger partial charge in [0.2, 0.25) is 0 Å². The Kier molecular flexibility index (Phi) is 6.33. The summed E-state index contributed by atoms with van der Waals surface area (Å²) in [5, 5.41) is 0.614.